The Labute approximate surface area is 235 Å². The van der Waals surface area contributed by atoms with E-state index in [1.54, 1.807) is 0 Å². The van der Waals surface area contributed by atoms with Crippen LogP contribution in [0.1, 0.15) is 45.8 Å². The standard InChI is InChI=1S/C33H33ClN4O/c1-23-7-12-30(34)19-29(23)22-38-18-15-35-32-31(38)20-28(21-36-32)25-8-10-27(11-9-25)33(39)37-16-13-26(14-17-37)24-5-3-2-4-6-24/h2-12,19-21,26H,13-18,22H2,1H3,(H,35,36). The summed E-state index contributed by atoms with van der Waals surface area (Å²) < 4.78 is 0. The molecular weight excluding hydrogens is 504 g/mol. The Balaban J connectivity index is 1.16. The Bertz CT molecular complexity index is 1460. The molecule has 2 aliphatic rings. The molecule has 1 amide bonds. The quantitative estimate of drug-likeness (QED) is 0.294. The van der Waals surface area contributed by atoms with Gasteiger partial charge in [-0.15, -0.1) is 0 Å². The molecule has 0 spiro atoms. The van der Waals surface area contributed by atoms with Crippen LogP contribution in [-0.2, 0) is 6.54 Å². The minimum absolute atomic E-state index is 0.115. The summed E-state index contributed by atoms with van der Waals surface area (Å²) in [5.74, 6) is 1.55. The van der Waals surface area contributed by atoms with Crippen LogP contribution in [0.5, 0.6) is 0 Å². The van der Waals surface area contributed by atoms with Crippen LogP contribution in [0.4, 0.5) is 11.5 Å². The third-order valence-corrected chi connectivity index (χ3v) is 8.31. The van der Waals surface area contributed by atoms with Gasteiger partial charge in [-0.25, -0.2) is 4.98 Å². The van der Waals surface area contributed by atoms with Gasteiger partial charge < -0.3 is 15.1 Å². The lowest BCUT2D eigenvalue weighted by Gasteiger charge is -2.32. The Morgan fingerprint density at radius 1 is 0.949 bits per heavy atom. The van der Waals surface area contributed by atoms with E-state index >= 15 is 0 Å². The second-order valence-corrected chi connectivity index (χ2v) is 11.0. The zero-order valence-electron chi connectivity index (χ0n) is 22.2. The number of rotatable bonds is 5. The lowest BCUT2D eigenvalue weighted by atomic mass is 9.89. The number of carbonyl (C=O) groups is 1. The number of amides is 1. The van der Waals surface area contributed by atoms with E-state index < -0.39 is 0 Å². The number of nitrogens with one attached hydrogen (secondary N) is 1. The molecule has 1 saturated heterocycles. The first-order chi connectivity index (χ1) is 19.0. The van der Waals surface area contributed by atoms with Crippen molar-refractivity contribution in [2.75, 3.05) is 36.4 Å². The van der Waals surface area contributed by atoms with Crippen molar-refractivity contribution in [1.82, 2.24) is 9.88 Å². The monoisotopic (exact) mass is 536 g/mol. The SMILES string of the molecule is Cc1ccc(Cl)cc1CN1CCNc2ncc(-c3ccc(C(=O)N4CCC(c5ccccc5)CC4)cc3)cc21. The highest BCUT2D eigenvalue weighted by atomic mass is 35.5. The van der Waals surface area contributed by atoms with Crippen molar-refractivity contribution in [1.29, 1.82) is 0 Å². The van der Waals surface area contributed by atoms with Crippen molar-refractivity contribution in [2.24, 2.45) is 0 Å². The normalized spacial score (nSPS) is 15.5. The van der Waals surface area contributed by atoms with Crippen LogP contribution in [0.15, 0.2) is 85.1 Å². The number of benzene rings is 3. The highest BCUT2D eigenvalue weighted by Gasteiger charge is 2.25. The van der Waals surface area contributed by atoms with Gasteiger partial charge in [-0.2, -0.15) is 0 Å². The summed E-state index contributed by atoms with van der Waals surface area (Å²) in [7, 11) is 0. The number of pyridine rings is 1. The maximum absolute atomic E-state index is 13.2. The van der Waals surface area contributed by atoms with Crippen molar-refractivity contribution in [2.45, 2.75) is 32.2 Å². The van der Waals surface area contributed by atoms with Gasteiger partial charge in [0.25, 0.3) is 5.91 Å². The zero-order chi connectivity index (χ0) is 26.8. The fourth-order valence-corrected chi connectivity index (χ4v) is 5.92. The number of hydrogen-bond donors (Lipinski definition) is 1. The molecule has 6 heteroatoms. The zero-order valence-corrected chi connectivity index (χ0v) is 23.0. The summed E-state index contributed by atoms with van der Waals surface area (Å²) in [5, 5.41) is 4.19. The Morgan fingerprint density at radius 2 is 1.72 bits per heavy atom. The molecule has 4 aromatic rings. The summed E-state index contributed by atoms with van der Waals surface area (Å²) in [6, 6.07) is 26.9. The maximum Gasteiger partial charge on any atom is 0.253 e. The molecule has 0 unspecified atom stereocenters. The van der Waals surface area contributed by atoms with Crippen molar-refractivity contribution in [3.63, 3.8) is 0 Å². The van der Waals surface area contributed by atoms with Crippen molar-refractivity contribution < 1.29 is 4.79 Å². The number of nitrogens with zero attached hydrogens (tertiary/aromatic N) is 3. The van der Waals surface area contributed by atoms with Crippen LogP contribution in [-0.4, -0.2) is 42.0 Å². The Morgan fingerprint density at radius 3 is 2.49 bits per heavy atom. The Hall–Kier alpha value is -3.83. The second-order valence-electron chi connectivity index (χ2n) is 10.6. The molecular formula is C33H33ClN4O. The van der Waals surface area contributed by atoms with Crippen molar-refractivity contribution in [3.05, 3.63) is 112 Å². The molecule has 0 aliphatic carbocycles. The summed E-state index contributed by atoms with van der Waals surface area (Å²) >= 11 is 6.29. The average molecular weight is 537 g/mol. The number of carbonyl (C=O) groups excluding carboxylic acids is 1. The van der Waals surface area contributed by atoms with Gasteiger partial charge in [0.15, 0.2) is 0 Å². The first-order valence-electron chi connectivity index (χ1n) is 13.7. The molecule has 198 valence electrons. The number of anilines is 2. The molecule has 0 atom stereocenters. The van der Waals surface area contributed by atoms with E-state index in [2.05, 4.69) is 65.7 Å². The highest BCUT2D eigenvalue weighted by Crippen LogP contribution is 2.34. The molecule has 6 rings (SSSR count). The number of fused-ring (bicyclic) bond motifs is 1. The average Bonchev–Trinajstić information content (AvgIpc) is 2.99. The number of halogens is 1. The van der Waals surface area contributed by atoms with Gasteiger partial charge in [0, 0.05) is 55.1 Å². The molecule has 0 bridgehead atoms. The lowest BCUT2D eigenvalue weighted by molar-refractivity contribution is 0.0713. The lowest BCUT2D eigenvalue weighted by Crippen LogP contribution is -2.37. The number of hydrogen-bond acceptors (Lipinski definition) is 4. The third kappa shape index (κ3) is 5.50. The first-order valence-corrected chi connectivity index (χ1v) is 14.1. The molecule has 3 heterocycles. The van der Waals surface area contributed by atoms with Gasteiger partial charge in [-0.05, 0) is 78.3 Å². The van der Waals surface area contributed by atoms with Gasteiger partial charge in [0.2, 0.25) is 0 Å². The van der Waals surface area contributed by atoms with Gasteiger partial charge in [-0.1, -0.05) is 60.1 Å². The van der Waals surface area contributed by atoms with Crippen LogP contribution in [0.2, 0.25) is 5.02 Å². The fraction of sp³-hybridized carbons (Fsp3) is 0.273. The summed E-state index contributed by atoms with van der Waals surface area (Å²) in [5.41, 5.74) is 7.73. The van der Waals surface area contributed by atoms with E-state index in [1.807, 2.05) is 41.4 Å². The molecule has 0 saturated carbocycles. The number of aromatic nitrogens is 1. The molecule has 2 aliphatic heterocycles. The van der Waals surface area contributed by atoms with Crippen LogP contribution >= 0.6 is 11.6 Å². The van der Waals surface area contributed by atoms with Crippen LogP contribution in [0, 0.1) is 6.92 Å². The third-order valence-electron chi connectivity index (χ3n) is 8.07. The van der Waals surface area contributed by atoms with Gasteiger partial charge in [0.05, 0.1) is 5.69 Å². The van der Waals surface area contributed by atoms with Crippen molar-refractivity contribution >= 4 is 29.0 Å². The molecule has 3 aromatic carbocycles. The van der Waals surface area contributed by atoms with Crippen LogP contribution < -0.4 is 10.2 Å². The van der Waals surface area contributed by atoms with Crippen LogP contribution in [0.25, 0.3) is 11.1 Å². The largest absolute Gasteiger partial charge is 0.367 e. The smallest absolute Gasteiger partial charge is 0.253 e. The molecule has 1 fully saturated rings. The van der Waals surface area contributed by atoms with Gasteiger partial charge in [0.1, 0.15) is 5.82 Å². The number of aryl methyl sites for hydroxylation is 1. The maximum atomic E-state index is 13.2. The summed E-state index contributed by atoms with van der Waals surface area (Å²) in [4.78, 5) is 22.3. The Kier molecular flexibility index (Phi) is 7.25. The predicted octanol–water partition coefficient (Wildman–Crippen LogP) is 7.16. The number of likely N-dealkylation sites (tertiary alicyclic amines) is 1. The molecule has 5 nitrogen and oxygen atoms in total. The molecule has 1 N–H and O–H groups in total. The van der Waals surface area contributed by atoms with E-state index in [9.17, 15) is 4.79 Å². The van der Waals surface area contributed by atoms with Gasteiger partial charge in [-0.3, -0.25) is 4.79 Å². The minimum Gasteiger partial charge on any atom is -0.367 e. The fourth-order valence-electron chi connectivity index (χ4n) is 5.73. The summed E-state index contributed by atoms with van der Waals surface area (Å²) in [6.45, 7) is 6.23. The molecule has 1 aromatic heterocycles. The van der Waals surface area contributed by atoms with Crippen molar-refractivity contribution in [3.8, 4) is 11.1 Å². The van der Waals surface area contributed by atoms with Gasteiger partial charge >= 0.3 is 0 Å². The second kappa shape index (κ2) is 11.1. The van der Waals surface area contributed by atoms with E-state index in [0.29, 0.717) is 5.92 Å². The molecule has 0 radical (unpaired) electrons. The van der Waals surface area contributed by atoms with E-state index in [-0.39, 0.29) is 5.91 Å². The summed E-state index contributed by atoms with van der Waals surface area (Å²) in [6.07, 6.45) is 3.92. The predicted molar refractivity (Wildman–Crippen MR) is 160 cm³/mol. The number of piperidine rings is 1. The van der Waals surface area contributed by atoms with E-state index in [4.69, 9.17) is 16.6 Å². The van der Waals surface area contributed by atoms with Crippen LogP contribution in [0.3, 0.4) is 0 Å². The van der Waals surface area contributed by atoms with E-state index in [0.717, 1.165) is 78.8 Å². The highest BCUT2D eigenvalue weighted by molar-refractivity contribution is 6.30. The first kappa shape index (κ1) is 25.4. The van der Waals surface area contributed by atoms with E-state index in [1.165, 1.54) is 16.7 Å². The molecule has 39 heavy (non-hydrogen) atoms. The minimum atomic E-state index is 0.115. The topological polar surface area (TPSA) is 48.5 Å².